The second-order valence-electron chi connectivity index (χ2n) is 10.2. The molecule has 1 aliphatic carbocycles. The predicted octanol–water partition coefficient (Wildman–Crippen LogP) is 9.88. The van der Waals surface area contributed by atoms with Gasteiger partial charge in [0.15, 0.2) is 0 Å². The molecule has 6 nitrogen and oxygen atoms in total. The maximum atomic E-state index is 9.50. The van der Waals surface area contributed by atoms with Crippen molar-refractivity contribution in [2.45, 2.75) is 101 Å². The summed E-state index contributed by atoms with van der Waals surface area (Å²) in [5, 5.41) is 10.9. The molecule has 0 radical (unpaired) electrons. The van der Waals surface area contributed by atoms with Crippen LogP contribution in [0.25, 0.3) is 0 Å². The van der Waals surface area contributed by atoms with Crippen LogP contribution in [0.1, 0.15) is 101 Å². The Balaban J connectivity index is -0.000000217. The standard InChI is InChI=1S/C20H30N4.C13H25N.2C2H6.CH3F.CH5N/c1-8-22-19(18(15(2)3)24-21-7)17(5)23-14-20(6)12-9-10-16(4)11-13-20;1-5-12(6-2)8-9-13(7-3)10-11-14-4;4*1-2/h8-10,12,21,23H,1-2,5,11,13-14H2,3-4,6-7H3;5,8,13-14H,1,6-7,9-11H2,2-4H3;2*1-2H3;1H3;2H2,1H3/b22-19?,24-18+;12-8-;;;;. The van der Waals surface area contributed by atoms with Crippen molar-refractivity contribution in [1.29, 1.82) is 0 Å². The summed E-state index contributed by atoms with van der Waals surface area (Å²) >= 11 is 0. The maximum Gasteiger partial charge on any atom is 0.113 e. The molecule has 0 aromatic carbocycles. The number of alkyl halides is 1. The third-order valence-electron chi connectivity index (χ3n) is 6.80. The summed E-state index contributed by atoms with van der Waals surface area (Å²) in [4.78, 5) is 4.34. The summed E-state index contributed by atoms with van der Waals surface area (Å²) in [5.41, 5.74) is 13.0. The highest BCUT2D eigenvalue weighted by molar-refractivity contribution is 6.53. The molecule has 5 N–H and O–H groups in total. The van der Waals surface area contributed by atoms with Gasteiger partial charge in [-0.05, 0) is 78.1 Å². The van der Waals surface area contributed by atoms with Gasteiger partial charge < -0.3 is 21.8 Å². The van der Waals surface area contributed by atoms with Crippen LogP contribution in [0.15, 0.2) is 95.4 Å². The van der Waals surface area contributed by atoms with E-state index in [2.05, 4.69) is 110 Å². The molecule has 0 heterocycles. The minimum absolute atomic E-state index is 0.0695. The van der Waals surface area contributed by atoms with Crippen molar-refractivity contribution in [3.05, 3.63) is 85.3 Å². The van der Waals surface area contributed by atoms with E-state index in [-0.39, 0.29) is 5.41 Å². The van der Waals surface area contributed by atoms with E-state index in [1.165, 1.54) is 43.7 Å². The average molecular weight is 647 g/mol. The number of hydrazone groups is 1. The number of allylic oxidation sites excluding steroid dienone is 8. The normalized spacial score (nSPS) is 16.1. The van der Waals surface area contributed by atoms with Gasteiger partial charge in [0.25, 0.3) is 0 Å². The van der Waals surface area contributed by atoms with Gasteiger partial charge in [0.1, 0.15) is 11.4 Å². The van der Waals surface area contributed by atoms with E-state index in [4.69, 9.17) is 0 Å². The van der Waals surface area contributed by atoms with Crippen molar-refractivity contribution in [1.82, 2.24) is 16.1 Å². The van der Waals surface area contributed by atoms with E-state index in [9.17, 15) is 4.39 Å². The minimum atomic E-state index is 0.0695. The Morgan fingerprint density at radius 1 is 1.09 bits per heavy atom. The van der Waals surface area contributed by atoms with E-state index in [0.29, 0.717) is 18.6 Å². The zero-order valence-corrected chi connectivity index (χ0v) is 32.4. The Hall–Kier alpha value is -3.03. The summed E-state index contributed by atoms with van der Waals surface area (Å²) in [5.74, 6) is 0.823. The lowest BCUT2D eigenvalue weighted by Gasteiger charge is -2.27. The highest BCUT2D eigenvalue weighted by Gasteiger charge is 2.23. The lowest BCUT2D eigenvalue weighted by Crippen LogP contribution is -2.34. The van der Waals surface area contributed by atoms with Gasteiger partial charge in [-0.2, -0.15) is 5.10 Å². The van der Waals surface area contributed by atoms with Gasteiger partial charge in [-0.15, -0.1) is 0 Å². The number of hydrogen-bond acceptors (Lipinski definition) is 6. The molecule has 1 rings (SSSR count). The fourth-order valence-electron chi connectivity index (χ4n) is 4.00. The molecule has 268 valence electrons. The summed E-state index contributed by atoms with van der Waals surface area (Å²) in [6.07, 6.45) is 19.5. The molecule has 0 saturated carbocycles. The first-order chi connectivity index (χ1) is 22.1. The lowest BCUT2D eigenvalue weighted by atomic mass is 9.85. The van der Waals surface area contributed by atoms with Gasteiger partial charge in [-0.3, -0.25) is 9.38 Å². The van der Waals surface area contributed by atoms with Crippen LogP contribution in [-0.2, 0) is 0 Å². The number of nitrogens with two attached hydrogens (primary N) is 1. The number of rotatable bonds is 16. The first-order valence-corrected chi connectivity index (χ1v) is 16.9. The molecule has 46 heavy (non-hydrogen) atoms. The molecule has 2 atom stereocenters. The molecule has 0 saturated heterocycles. The number of hydrogen-bond donors (Lipinski definition) is 4. The fourth-order valence-corrected chi connectivity index (χ4v) is 4.00. The molecule has 0 aromatic rings. The van der Waals surface area contributed by atoms with Gasteiger partial charge >= 0.3 is 0 Å². The third-order valence-corrected chi connectivity index (χ3v) is 6.80. The molecule has 0 aliphatic heterocycles. The van der Waals surface area contributed by atoms with E-state index < -0.39 is 0 Å². The van der Waals surface area contributed by atoms with Crippen LogP contribution in [0, 0.1) is 11.3 Å². The average Bonchev–Trinajstić information content (AvgIpc) is 3.27. The summed E-state index contributed by atoms with van der Waals surface area (Å²) in [7, 11) is 5.77. The molecule has 0 fully saturated rings. The Kier molecular flexibility index (Phi) is 43.5. The van der Waals surface area contributed by atoms with Crippen molar-refractivity contribution in [3.63, 3.8) is 0 Å². The van der Waals surface area contributed by atoms with E-state index in [1.807, 2.05) is 47.7 Å². The van der Waals surface area contributed by atoms with Crippen LogP contribution >= 0.6 is 0 Å². The quantitative estimate of drug-likeness (QED) is 0.0764. The summed E-state index contributed by atoms with van der Waals surface area (Å²) in [6, 6.07) is 0. The molecule has 2 unspecified atom stereocenters. The van der Waals surface area contributed by atoms with Crippen molar-refractivity contribution in [2.75, 3.05) is 41.4 Å². The highest BCUT2D eigenvalue weighted by atomic mass is 19.1. The smallest absolute Gasteiger partial charge is 0.113 e. The molecule has 0 spiro atoms. The van der Waals surface area contributed by atoms with Crippen molar-refractivity contribution in [3.8, 4) is 0 Å². The maximum absolute atomic E-state index is 9.50. The van der Waals surface area contributed by atoms with Crippen molar-refractivity contribution >= 4 is 11.4 Å². The SMILES string of the molecule is C=C/C(=C/CC(CC)CCNC)CC.C=CN=C(C(=C)NCC1(C)C=CC=C(C)CC1)/C(=N/NC)C(=C)C.CC.CC.CF.CN. The van der Waals surface area contributed by atoms with Gasteiger partial charge in [0.05, 0.1) is 12.9 Å². The largest absolute Gasteiger partial charge is 0.383 e. The number of halogens is 1. The summed E-state index contributed by atoms with van der Waals surface area (Å²) in [6.45, 7) is 36.3. The molecule has 7 heteroatoms. The third kappa shape index (κ3) is 27.3. The molecule has 1 aliphatic rings. The molecular formula is C39H75FN6. The van der Waals surface area contributed by atoms with Crippen molar-refractivity contribution < 1.29 is 4.39 Å². The Bertz CT molecular complexity index is 927. The second kappa shape index (κ2) is 38.2. The van der Waals surface area contributed by atoms with Crippen molar-refractivity contribution in [2.24, 2.45) is 27.2 Å². The Labute approximate surface area is 286 Å². The first kappa shape index (κ1) is 52.5. The van der Waals surface area contributed by atoms with Crippen LogP contribution in [0.2, 0.25) is 0 Å². The first-order valence-electron chi connectivity index (χ1n) is 16.9. The van der Waals surface area contributed by atoms with Crippen LogP contribution in [0.4, 0.5) is 4.39 Å². The Morgan fingerprint density at radius 3 is 2.11 bits per heavy atom. The van der Waals surface area contributed by atoms with Crippen LogP contribution in [0.3, 0.4) is 0 Å². The second-order valence-corrected chi connectivity index (χ2v) is 10.2. The minimum Gasteiger partial charge on any atom is -0.383 e. The number of nitrogens with one attached hydrogen (secondary N) is 3. The van der Waals surface area contributed by atoms with E-state index >= 15 is 0 Å². The lowest BCUT2D eigenvalue weighted by molar-refractivity contribution is 0.382. The molecule has 0 aromatic heterocycles. The summed E-state index contributed by atoms with van der Waals surface area (Å²) < 4.78 is 9.50. The van der Waals surface area contributed by atoms with E-state index in [0.717, 1.165) is 49.5 Å². The van der Waals surface area contributed by atoms with Crippen LogP contribution in [0.5, 0.6) is 0 Å². The Morgan fingerprint density at radius 2 is 1.67 bits per heavy atom. The molecular weight excluding hydrogens is 571 g/mol. The van der Waals surface area contributed by atoms with Gasteiger partial charge in [0, 0.05) is 25.2 Å². The molecule has 0 bridgehead atoms. The van der Waals surface area contributed by atoms with Gasteiger partial charge in [-0.25, -0.2) is 0 Å². The topological polar surface area (TPSA) is 86.8 Å². The number of aliphatic imine (C=N–C) groups is 1. The zero-order chi connectivity index (χ0) is 37.0. The van der Waals surface area contributed by atoms with Crippen LogP contribution in [-0.4, -0.2) is 52.8 Å². The van der Waals surface area contributed by atoms with E-state index in [1.54, 1.807) is 7.05 Å². The predicted molar refractivity (Wildman–Crippen MR) is 212 cm³/mol. The van der Waals surface area contributed by atoms with Gasteiger partial charge in [0.2, 0.25) is 0 Å². The number of nitrogens with zero attached hydrogens (tertiary/aromatic N) is 2. The van der Waals surface area contributed by atoms with Crippen LogP contribution < -0.4 is 21.8 Å². The fraction of sp³-hybridized carbons (Fsp3) is 0.590. The highest BCUT2D eigenvalue weighted by Crippen LogP contribution is 2.29. The monoisotopic (exact) mass is 647 g/mol. The zero-order valence-electron chi connectivity index (χ0n) is 32.4. The molecule has 0 amide bonds. The van der Waals surface area contributed by atoms with Gasteiger partial charge in [-0.1, -0.05) is 123 Å².